The van der Waals surface area contributed by atoms with Crippen LogP contribution in [0.4, 0.5) is 0 Å². The smallest absolute Gasteiger partial charge is 0.0327 e. The molecule has 1 aromatic carbocycles. The Balaban J connectivity index is 2.40. The molecule has 0 aromatic heterocycles. The van der Waals surface area contributed by atoms with Gasteiger partial charge in [-0.3, -0.25) is 11.3 Å². The highest BCUT2D eigenvalue weighted by Crippen LogP contribution is 2.19. The monoisotopic (exact) mass is 210 g/mol. The predicted octanol–water partition coefficient (Wildman–Crippen LogP) is 2.27. The van der Waals surface area contributed by atoms with Crippen LogP contribution in [-0.4, -0.2) is 11.8 Å². The predicted molar refractivity (Wildman–Crippen MR) is 63.1 cm³/mol. The van der Waals surface area contributed by atoms with E-state index in [1.165, 1.54) is 4.90 Å². The zero-order valence-corrected chi connectivity index (χ0v) is 9.55. The first-order valence-electron chi connectivity index (χ1n) is 4.88. The van der Waals surface area contributed by atoms with Gasteiger partial charge < -0.3 is 0 Å². The maximum absolute atomic E-state index is 5.47. The second kappa shape index (κ2) is 6.06. The summed E-state index contributed by atoms with van der Waals surface area (Å²) in [5.41, 5.74) is 2.85. The van der Waals surface area contributed by atoms with Gasteiger partial charge in [0.1, 0.15) is 0 Å². The topological polar surface area (TPSA) is 38.0 Å². The van der Waals surface area contributed by atoms with Crippen molar-refractivity contribution >= 4 is 11.8 Å². The summed E-state index contributed by atoms with van der Waals surface area (Å²) in [4.78, 5) is 1.30. The lowest BCUT2D eigenvalue weighted by molar-refractivity contribution is 0.443. The summed E-state index contributed by atoms with van der Waals surface area (Å²) >= 11 is 1.84. The minimum absolute atomic E-state index is 0.375. The minimum atomic E-state index is 0.375. The second-order valence-electron chi connectivity index (χ2n) is 3.64. The van der Waals surface area contributed by atoms with E-state index in [4.69, 9.17) is 5.84 Å². The Hall–Kier alpha value is -0.510. The minimum Gasteiger partial charge on any atom is -0.271 e. The van der Waals surface area contributed by atoms with Crippen molar-refractivity contribution in [1.82, 2.24) is 5.43 Å². The van der Waals surface area contributed by atoms with Gasteiger partial charge in [-0.25, -0.2) is 0 Å². The standard InChI is InChI=1S/C11H18N2S/c1-9(2)11(13-12)8-14-10-6-4-3-5-7-10/h3-7,9,11,13H,8,12H2,1-2H3. The first kappa shape index (κ1) is 11.6. The fourth-order valence-electron chi connectivity index (χ4n) is 1.14. The van der Waals surface area contributed by atoms with E-state index in [0.29, 0.717) is 12.0 Å². The van der Waals surface area contributed by atoms with Crippen molar-refractivity contribution in [3.8, 4) is 0 Å². The number of nitrogens with one attached hydrogen (secondary N) is 1. The molecule has 1 aromatic rings. The third kappa shape index (κ3) is 3.70. The molecule has 3 N–H and O–H groups in total. The molecule has 78 valence electrons. The number of rotatable bonds is 5. The van der Waals surface area contributed by atoms with Gasteiger partial charge in [-0.2, -0.15) is 0 Å². The highest BCUT2D eigenvalue weighted by molar-refractivity contribution is 7.99. The van der Waals surface area contributed by atoms with Gasteiger partial charge >= 0.3 is 0 Å². The number of hydrogen-bond donors (Lipinski definition) is 2. The quantitative estimate of drug-likeness (QED) is 0.445. The van der Waals surface area contributed by atoms with Crippen LogP contribution in [0.1, 0.15) is 13.8 Å². The Morgan fingerprint density at radius 1 is 1.29 bits per heavy atom. The molecule has 1 unspecified atom stereocenters. The van der Waals surface area contributed by atoms with Crippen LogP contribution in [0.15, 0.2) is 35.2 Å². The van der Waals surface area contributed by atoms with E-state index in [9.17, 15) is 0 Å². The van der Waals surface area contributed by atoms with Crippen LogP contribution < -0.4 is 11.3 Å². The zero-order valence-electron chi connectivity index (χ0n) is 8.73. The summed E-state index contributed by atoms with van der Waals surface area (Å²) in [5, 5.41) is 0. The Morgan fingerprint density at radius 2 is 1.93 bits per heavy atom. The van der Waals surface area contributed by atoms with Crippen LogP contribution in [0, 0.1) is 5.92 Å². The van der Waals surface area contributed by atoms with Gasteiger partial charge in [-0.15, -0.1) is 11.8 Å². The third-order valence-electron chi connectivity index (χ3n) is 2.19. The molecule has 0 amide bonds. The first-order valence-corrected chi connectivity index (χ1v) is 5.86. The van der Waals surface area contributed by atoms with Crippen molar-refractivity contribution in [3.05, 3.63) is 30.3 Å². The third-order valence-corrected chi connectivity index (χ3v) is 3.32. The molecule has 0 fully saturated rings. The fraction of sp³-hybridized carbons (Fsp3) is 0.455. The van der Waals surface area contributed by atoms with Crippen LogP contribution in [0.3, 0.4) is 0 Å². The number of nitrogens with two attached hydrogens (primary N) is 1. The van der Waals surface area contributed by atoms with E-state index in [2.05, 4.69) is 43.5 Å². The molecule has 0 spiro atoms. The van der Waals surface area contributed by atoms with Crippen LogP contribution >= 0.6 is 11.8 Å². The lowest BCUT2D eigenvalue weighted by Gasteiger charge is -2.18. The van der Waals surface area contributed by atoms with Crippen molar-refractivity contribution in [3.63, 3.8) is 0 Å². The van der Waals surface area contributed by atoms with E-state index in [-0.39, 0.29) is 0 Å². The van der Waals surface area contributed by atoms with Gasteiger partial charge in [-0.1, -0.05) is 32.0 Å². The van der Waals surface area contributed by atoms with Gasteiger partial charge in [0.25, 0.3) is 0 Å². The molecule has 0 saturated heterocycles. The summed E-state index contributed by atoms with van der Waals surface area (Å²) in [6.45, 7) is 4.35. The van der Waals surface area contributed by atoms with Crippen molar-refractivity contribution in [2.45, 2.75) is 24.8 Å². The van der Waals surface area contributed by atoms with Crippen molar-refractivity contribution < 1.29 is 0 Å². The first-order chi connectivity index (χ1) is 6.74. The summed E-state index contributed by atoms with van der Waals surface area (Å²) in [6.07, 6.45) is 0. The average Bonchev–Trinajstić information content (AvgIpc) is 2.20. The molecule has 0 radical (unpaired) electrons. The summed E-state index contributed by atoms with van der Waals surface area (Å²) in [5.74, 6) is 7.05. The molecule has 0 aliphatic rings. The second-order valence-corrected chi connectivity index (χ2v) is 4.73. The Kier molecular flexibility index (Phi) is 5.01. The van der Waals surface area contributed by atoms with Gasteiger partial charge in [-0.05, 0) is 18.1 Å². The Labute approximate surface area is 90.2 Å². The zero-order chi connectivity index (χ0) is 10.4. The van der Waals surface area contributed by atoms with Gasteiger partial charge in [0, 0.05) is 16.7 Å². The van der Waals surface area contributed by atoms with E-state index in [0.717, 1.165) is 5.75 Å². The maximum atomic E-state index is 5.47. The Bertz CT molecular complexity index is 249. The fourth-order valence-corrected chi connectivity index (χ4v) is 2.34. The lowest BCUT2D eigenvalue weighted by Crippen LogP contribution is -2.40. The normalized spacial score (nSPS) is 13.1. The average molecular weight is 210 g/mol. The molecule has 0 heterocycles. The highest BCUT2D eigenvalue weighted by atomic mass is 32.2. The van der Waals surface area contributed by atoms with Crippen LogP contribution in [0.2, 0.25) is 0 Å². The molecule has 1 atom stereocenters. The molecule has 2 nitrogen and oxygen atoms in total. The Morgan fingerprint density at radius 3 is 2.43 bits per heavy atom. The van der Waals surface area contributed by atoms with Gasteiger partial charge in [0.15, 0.2) is 0 Å². The van der Waals surface area contributed by atoms with Gasteiger partial charge in [0.05, 0.1) is 0 Å². The maximum Gasteiger partial charge on any atom is 0.0327 e. The molecule has 0 bridgehead atoms. The molecular formula is C11H18N2S. The van der Waals surface area contributed by atoms with Crippen LogP contribution in [0.25, 0.3) is 0 Å². The SMILES string of the molecule is CC(C)C(CSc1ccccc1)NN. The van der Waals surface area contributed by atoms with Crippen LogP contribution in [-0.2, 0) is 0 Å². The van der Waals surface area contributed by atoms with E-state index < -0.39 is 0 Å². The van der Waals surface area contributed by atoms with Gasteiger partial charge in [0.2, 0.25) is 0 Å². The van der Waals surface area contributed by atoms with Crippen molar-refractivity contribution in [2.24, 2.45) is 11.8 Å². The molecule has 0 saturated carbocycles. The number of thioether (sulfide) groups is 1. The van der Waals surface area contributed by atoms with E-state index in [1.807, 2.05) is 17.8 Å². The number of hydrazine groups is 1. The molecule has 0 aliphatic carbocycles. The summed E-state index contributed by atoms with van der Waals surface area (Å²) < 4.78 is 0. The number of benzene rings is 1. The highest BCUT2D eigenvalue weighted by Gasteiger charge is 2.10. The molecule has 0 aliphatic heterocycles. The van der Waals surface area contributed by atoms with E-state index >= 15 is 0 Å². The summed E-state index contributed by atoms with van der Waals surface area (Å²) in [6, 6.07) is 10.8. The molecule has 14 heavy (non-hydrogen) atoms. The van der Waals surface area contributed by atoms with Crippen molar-refractivity contribution in [2.75, 3.05) is 5.75 Å². The molecule has 1 rings (SSSR count). The number of hydrogen-bond acceptors (Lipinski definition) is 3. The molecule has 3 heteroatoms. The largest absolute Gasteiger partial charge is 0.271 e. The van der Waals surface area contributed by atoms with E-state index in [1.54, 1.807) is 0 Å². The summed E-state index contributed by atoms with van der Waals surface area (Å²) in [7, 11) is 0. The lowest BCUT2D eigenvalue weighted by atomic mass is 10.1. The molecular weight excluding hydrogens is 192 g/mol. The van der Waals surface area contributed by atoms with Crippen LogP contribution in [0.5, 0.6) is 0 Å². The van der Waals surface area contributed by atoms with Crippen molar-refractivity contribution in [1.29, 1.82) is 0 Å².